The number of fused-ring (bicyclic) bond motifs is 1. The lowest BCUT2D eigenvalue weighted by Crippen LogP contribution is -2.30. The SMILES string of the molecule is NC(Cc1cccc2ccccc12)C(F)F. The van der Waals surface area contributed by atoms with Crippen molar-refractivity contribution < 1.29 is 8.78 Å². The van der Waals surface area contributed by atoms with Crippen molar-refractivity contribution in [3.63, 3.8) is 0 Å². The molecule has 1 atom stereocenters. The van der Waals surface area contributed by atoms with Gasteiger partial charge in [0.2, 0.25) is 0 Å². The third-order valence-electron chi connectivity index (χ3n) is 2.66. The van der Waals surface area contributed by atoms with E-state index in [0.717, 1.165) is 16.3 Å². The fraction of sp³-hybridized carbons (Fsp3) is 0.231. The Labute approximate surface area is 92.9 Å². The highest BCUT2D eigenvalue weighted by molar-refractivity contribution is 5.85. The summed E-state index contributed by atoms with van der Waals surface area (Å²) < 4.78 is 24.8. The van der Waals surface area contributed by atoms with Crippen LogP contribution in [-0.4, -0.2) is 12.5 Å². The Hall–Kier alpha value is -1.48. The van der Waals surface area contributed by atoms with Gasteiger partial charge in [-0.15, -0.1) is 0 Å². The van der Waals surface area contributed by atoms with Crippen LogP contribution in [-0.2, 0) is 6.42 Å². The lowest BCUT2D eigenvalue weighted by molar-refractivity contribution is 0.116. The van der Waals surface area contributed by atoms with E-state index in [1.165, 1.54) is 0 Å². The summed E-state index contributed by atoms with van der Waals surface area (Å²) in [6, 6.07) is 12.3. The first-order valence-corrected chi connectivity index (χ1v) is 5.19. The second-order valence-electron chi connectivity index (χ2n) is 3.84. The maximum Gasteiger partial charge on any atom is 0.253 e. The predicted octanol–water partition coefficient (Wildman–Crippen LogP) is 2.97. The summed E-state index contributed by atoms with van der Waals surface area (Å²) in [6.07, 6.45) is -2.27. The topological polar surface area (TPSA) is 26.0 Å². The summed E-state index contributed by atoms with van der Waals surface area (Å²) in [5, 5.41) is 2.06. The van der Waals surface area contributed by atoms with Crippen LogP contribution in [0.4, 0.5) is 8.78 Å². The predicted molar refractivity (Wildman–Crippen MR) is 61.6 cm³/mol. The van der Waals surface area contributed by atoms with Gasteiger partial charge in [0.15, 0.2) is 0 Å². The molecule has 2 aromatic carbocycles. The van der Waals surface area contributed by atoms with Crippen molar-refractivity contribution in [2.45, 2.75) is 18.9 Å². The molecule has 0 bridgehead atoms. The largest absolute Gasteiger partial charge is 0.323 e. The molecule has 0 aliphatic heterocycles. The summed E-state index contributed by atoms with van der Waals surface area (Å²) in [7, 11) is 0. The summed E-state index contributed by atoms with van der Waals surface area (Å²) in [6.45, 7) is 0. The highest BCUT2D eigenvalue weighted by atomic mass is 19.3. The highest BCUT2D eigenvalue weighted by Gasteiger charge is 2.16. The molecule has 0 fully saturated rings. The van der Waals surface area contributed by atoms with E-state index in [1.807, 2.05) is 42.5 Å². The summed E-state index contributed by atoms with van der Waals surface area (Å²) in [4.78, 5) is 0. The van der Waals surface area contributed by atoms with Crippen molar-refractivity contribution in [1.82, 2.24) is 0 Å². The van der Waals surface area contributed by atoms with Gasteiger partial charge in [-0.1, -0.05) is 42.5 Å². The van der Waals surface area contributed by atoms with Gasteiger partial charge in [0.25, 0.3) is 6.43 Å². The molecule has 0 aliphatic rings. The van der Waals surface area contributed by atoms with E-state index in [4.69, 9.17) is 5.73 Å². The van der Waals surface area contributed by atoms with Crippen molar-refractivity contribution in [2.75, 3.05) is 0 Å². The molecule has 2 rings (SSSR count). The van der Waals surface area contributed by atoms with Crippen LogP contribution >= 0.6 is 0 Å². The van der Waals surface area contributed by atoms with E-state index in [0.29, 0.717) is 0 Å². The minimum absolute atomic E-state index is 0.207. The first-order chi connectivity index (χ1) is 7.68. The molecule has 1 unspecified atom stereocenters. The van der Waals surface area contributed by atoms with Crippen LogP contribution in [0.2, 0.25) is 0 Å². The average molecular weight is 221 g/mol. The molecule has 0 heterocycles. The van der Waals surface area contributed by atoms with Crippen LogP contribution in [0.15, 0.2) is 42.5 Å². The third-order valence-corrected chi connectivity index (χ3v) is 2.66. The molecule has 84 valence electrons. The Kier molecular flexibility index (Phi) is 3.15. The van der Waals surface area contributed by atoms with E-state index < -0.39 is 12.5 Å². The first-order valence-electron chi connectivity index (χ1n) is 5.19. The number of hydrogen-bond donors (Lipinski definition) is 1. The van der Waals surface area contributed by atoms with Crippen molar-refractivity contribution in [3.05, 3.63) is 48.0 Å². The van der Waals surface area contributed by atoms with E-state index in [1.54, 1.807) is 0 Å². The van der Waals surface area contributed by atoms with Crippen LogP contribution in [0.5, 0.6) is 0 Å². The lowest BCUT2D eigenvalue weighted by atomic mass is 9.99. The second kappa shape index (κ2) is 4.58. The number of hydrogen-bond acceptors (Lipinski definition) is 1. The first kappa shape index (κ1) is 11.0. The average Bonchev–Trinajstić information content (AvgIpc) is 2.29. The molecule has 0 radical (unpaired) electrons. The lowest BCUT2D eigenvalue weighted by Gasteiger charge is -2.12. The molecular formula is C13H13F2N. The molecule has 2 aromatic rings. The maximum absolute atomic E-state index is 12.4. The monoisotopic (exact) mass is 221 g/mol. The summed E-state index contributed by atoms with van der Waals surface area (Å²) in [5.41, 5.74) is 6.27. The molecule has 1 nitrogen and oxygen atoms in total. The number of halogens is 2. The van der Waals surface area contributed by atoms with Gasteiger partial charge >= 0.3 is 0 Å². The number of rotatable bonds is 3. The highest BCUT2D eigenvalue weighted by Crippen LogP contribution is 2.20. The Morgan fingerprint density at radius 3 is 2.44 bits per heavy atom. The van der Waals surface area contributed by atoms with Crippen LogP contribution in [0.3, 0.4) is 0 Å². The van der Waals surface area contributed by atoms with Gasteiger partial charge in [0.1, 0.15) is 0 Å². The smallest absolute Gasteiger partial charge is 0.253 e. The van der Waals surface area contributed by atoms with Crippen LogP contribution < -0.4 is 5.73 Å². The van der Waals surface area contributed by atoms with Gasteiger partial charge in [-0.25, -0.2) is 8.78 Å². The molecular weight excluding hydrogens is 208 g/mol. The zero-order valence-corrected chi connectivity index (χ0v) is 8.74. The van der Waals surface area contributed by atoms with Gasteiger partial charge in [-0.3, -0.25) is 0 Å². The van der Waals surface area contributed by atoms with Crippen molar-refractivity contribution in [1.29, 1.82) is 0 Å². The van der Waals surface area contributed by atoms with Gasteiger partial charge in [0.05, 0.1) is 6.04 Å². The molecule has 16 heavy (non-hydrogen) atoms. The Morgan fingerprint density at radius 2 is 1.69 bits per heavy atom. The van der Waals surface area contributed by atoms with Crippen molar-refractivity contribution in [3.8, 4) is 0 Å². The van der Waals surface area contributed by atoms with Gasteiger partial charge in [0, 0.05) is 0 Å². The second-order valence-corrected chi connectivity index (χ2v) is 3.84. The fourth-order valence-electron chi connectivity index (χ4n) is 1.81. The zero-order valence-electron chi connectivity index (χ0n) is 8.74. The Bertz CT molecular complexity index is 477. The normalized spacial score (nSPS) is 13.2. The van der Waals surface area contributed by atoms with E-state index in [-0.39, 0.29) is 6.42 Å². The zero-order chi connectivity index (χ0) is 11.5. The van der Waals surface area contributed by atoms with E-state index in [2.05, 4.69) is 0 Å². The van der Waals surface area contributed by atoms with Crippen LogP contribution in [0, 0.1) is 0 Å². The van der Waals surface area contributed by atoms with Gasteiger partial charge in [-0.05, 0) is 22.8 Å². The molecule has 3 heteroatoms. The van der Waals surface area contributed by atoms with Crippen molar-refractivity contribution >= 4 is 10.8 Å². The number of alkyl halides is 2. The minimum atomic E-state index is -2.47. The molecule has 0 saturated carbocycles. The van der Waals surface area contributed by atoms with Crippen LogP contribution in [0.25, 0.3) is 10.8 Å². The standard InChI is InChI=1S/C13H13F2N/c14-13(15)12(16)8-10-6-3-5-9-4-1-2-7-11(9)10/h1-7,12-13H,8,16H2. The Balaban J connectivity index is 2.37. The molecule has 0 aromatic heterocycles. The van der Waals surface area contributed by atoms with Gasteiger partial charge in [-0.2, -0.15) is 0 Å². The molecule has 0 aliphatic carbocycles. The molecule has 0 amide bonds. The fourth-order valence-corrected chi connectivity index (χ4v) is 1.81. The van der Waals surface area contributed by atoms with Crippen molar-refractivity contribution in [2.24, 2.45) is 5.73 Å². The Morgan fingerprint density at radius 1 is 1.00 bits per heavy atom. The number of benzene rings is 2. The summed E-state index contributed by atoms with van der Waals surface area (Å²) in [5.74, 6) is 0. The maximum atomic E-state index is 12.4. The summed E-state index contributed by atoms with van der Waals surface area (Å²) >= 11 is 0. The van der Waals surface area contributed by atoms with E-state index >= 15 is 0 Å². The van der Waals surface area contributed by atoms with Gasteiger partial charge < -0.3 is 5.73 Å². The molecule has 0 spiro atoms. The molecule has 2 N–H and O–H groups in total. The quantitative estimate of drug-likeness (QED) is 0.847. The molecule has 0 saturated heterocycles. The van der Waals surface area contributed by atoms with Crippen LogP contribution in [0.1, 0.15) is 5.56 Å². The third kappa shape index (κ3) is 2.19. The van der Waals surface area contributed by atoms with E-state index in [9.17, 15) is 8.78 Å². The number of nitrogens with two attached hydrogens (primary N) is 1. The minimum Gasteiger partial charge on any atom is -0.323 e.